The zero-order chi connectivity index (χ0) is 27.0. The fraction of sp³-hybridized carbons (Fsp3) is 0.375. The summed E-state index contributed by atoms with van der Waals surface area (Å²) in [5, 5.41) is 3.89. The number of hydrogen-bond donors (Lipinski definition) is 1. The molecule has 0 bridgehead atoms. The van der Waals surface area contributed by atoms with Crippen LogP contribution in [0.5, 0.6) is 11.5 Å². The number of benzene rings is 3. The molecule has 5 rings (SSSR count). The van der Waals surface area contributed by atoms with Gasteiger partial charge in [-0.1, -0.05) is 79.4 Å². The highest BCUT2D eigenvalue weighted by molar-refractivity contribution is 6.30. The number of fused-ring (bicyclic) bond motifs is 1. The number of aryl methyl sites for hydroxylation is 1. The summed E-state index contributed by atoms with van der Waals surface area (Å²) in [6, 6.07) is 22.7. The van der Waals surface area contributed by atoms with E-state index in [4.69, 9.17) is 21.1 Å². The summed E-state index contributed by atoms with van der Waals surface area (Å²) in [4.78, 5) is 29.5. The molecule has 1 saturated carbocycles. The van der Waals surface area contributed by atoms with Gasteiger partial charge < -0.3 is 19.7 Å². The third-order valence-corrected chi connectivity index (χ3v) is 7.76. The Kier molecular flexibility index (Phi) is 9.04. The molecule has 2 amide bonds. The normalized spacial score (nSPS) is 15.5. The number of hydrogen-bond acceptors (Lipinski definition) is 4. The van der Waals surface area contributed by atoms with E-state index in [2.05, 4.69) is 5.32 Å². The second-order valence-corrected chi connectivity index (χ2v) is 10.8. The van der Waals surface area contributed by atoms with Crippen LogP contribution in [-0.2, 0) is 29.0 Å². The van der Waals surface area contributed by atoms with Gasteiger partial charge in [-0.15, -0.1) is 0 Å². The molecule has 1 heterocycles. The van der Waals surface area contributed by atoms with Gasteiger partial charge in [-0.2, -0.15) is 0 Å². The number of halogens is 1. The molecule has 1 aliphatic carbocycles. The molecule has 204 valence electrons. The van der Waals surface area contributed by atoms with E-state index in [1.807, 2.05) is 72.8 Å². The Morgan fingerprint density at radius 2 is 1.64 bits per heavy atom. The molecule has 0 aromatic heterocycles. The Bertz CT molecular complexity index is 1280. The van der Waals surface area contributed by atoms with Gasteiger partial charge in [-0.05, 0) is 60.2 Å². The highest BCUT2D eigenvalue weighted by Gasteiger charge is 2.32. The number of amides is 2. The van der Waals surface area contributed by atoms with E-state index >= 15 is 0 Å². The number of nitrogens with zero attached hydrogens (tertiary/aromatic N) is 1. The summed E-state index contributed by atoms with van der Waals surface area (Å²) < 4.78 is 10.9. The number of carbonyl (C=O) groups excluding carboxylic acids is 2. The fourth-order valence-corrected chi connectivity index (χ4v) is 5.63. The van der Waals surface area contributed by atoms with Crippen molar-refractivity contribution in [3.05, 3.63) is 94.5 Å². The molecule has 0 spiro atoms. The SMILES string of the molecule is O=C(NC1CCCCC1)[C@H](Cc1ccccc1)N(Cc1cccc(Cl)c1)C(=O)CCc1ccc2c(c1)OCO2. The number of carbonyl (C=O) groups is 2. The van der Waals surface area contributed by atoms with Crippen molar-refractivity contribution in [1.82, 2.24) is 10.2 Å². The molecule has 2 aliphatic rings. The molecular weight excluding hydrogens is 512 g/mol. The highest BCUT2D eigenvalue weighted by Crippen LogP contribution is 2.33. The summed E-state index contributed by atoms with van der Waals surface area (Å²) in [5.74, 6) is 1.25. The van der Waals surface area contributed by atoms with Crippen molar-refractivity contribution in [2.75, 3.05) is 6.79 Å². The maximum Gasteiger partial charge on any atom is 0.243 e. The van der Waals surface area contributed by atoms with Crippen molar-refractivity contribution >= 4 is 23.4 Å². The first-order chi connectivity index (χ1) is 19.0. The van der Waals surface area contributed by atoms with E-state index < -0.39 is 6.04 Å². The Labute approximate surface area is 235 Å². The van der Waals surface area contributed by atoms with E-state index in [0.29, 0.717) is 30.2 Å². The maximum absolute atomic E-state index is 13.9. The zero-order valence-electron chi connectivity index (χ0n) is 22.1. The van der Waals surface area contributed by atoms with Gasteiger partial charge in [0.1, 0.15) is 6.04 Å². The Morgan fingerprint density at radius 3 is 2.44 bits per heavy atom. The molecule has 0 radical (unpaired) electrons. The summed E-state index contributed by atoms with van der Waals surface area (Å²) in [6.07, 6.45) is 6.65. The minimum atomic E-state index is -0.641. The van der Waals surface area contributed by atoms with Gasteiger partial charge in [-0.3, -0.25) is 9.59 Å². The van der Waals surface area contributed by atoms with Crippen LogP contribution in [0.25, 0.3) is 0 Å². The standard InChI is InChI=1S/C32H35ClN2O4/c33-26-11-7-10-25(18-26)21-35(31(36)17-15-24-14-16-29-30(20-24)39-22-38-29)28(19-23-8-3-1-4-9-23)32(37)34-27-12-5-2-6-13-27/h1,3-4,7-11,14,16,18,20,27-28H,2,5-6,12-13,15,17,19,21-22H2,(H,34,37)/t28-/m0/s1. The lowest BCUT2D eigenvalue weighted by Gasteiger charge is -2.33. The van der Waals surface area contributed by atoms with E-state index in [-0.39, 0.29) is 31.1 Å². The van der Waals surface area contributed by atoms with Crippen LogP contribution < -0.4 is 14.8 Å². The van der Waals surface area contributed by atoms with E-state index in [9.17, 15) is 9.59 Å². The number of ether oxygens (including phenoxy) is 2. The van der Waals surface area contributed by atoms with Crippen LogP contribution in [-0.4, -0.2) is 35.6 Å². The number of rotatable bonds is 10. The molecule has 7 heteroatoms. The van der Waals surface area contributed by atoms with Crippen molar-refractivity contribution in [2.45, 2.75) is 70.0 Å². The smallest absolute Gasteiger partial charge is 0.243 e. The van der Waals surface area contributed by atoms with Crippen LogP contribution in [0.3, 0.4) is 0 Å². The molecule has 1 aliphatic heterocycles. The van der Waals surface area contributed by atoms with E-state index in [1.165, 1.54) is 6.42 Å². The molecule has 0 saturated heterocycles. The third-order valence-electron chi connectivity index (χ3n) is 7.53. The van der Waals surface area contributed by atoms with Crippen molar-refractivity contribution < 1.29 is 19.1 Å². The summed E-state index contributed by atoms with van der Waals surface area (Å²) in [6.45, 7) is 0.512. The van der Waals surface area contributed by atoms with Gasteiger partial charge in [-0.25, -0.2) is 0 Å². The zero-order valence-corrected chi connectivity index (χ0v) is 22.9. The average Bonchev–Trinajstić information content (AvgIpc) is 3.43. The number of nitrogens with one attached hydrogen (secondary N) is 1. The molecule has 1 N–H and O–H groups in total. The predicted octanol–water partition coefficient (Wildman–Crippen LogP) is 6.09. The van der Waals surface area contributed by atoms with Gasteiger partial charge in [0.05, 0.1) is 0 Å². The van der Waals surface area contributed by atoms with Crippen molar-refractivity contribution in [1.29, 1.82) is 0 Å². The fourth-order valence-electron chi connectivity index (χ4n) is 5.42. The quantitative estimate of drug-likeness (QED) is 0.334. The largest absolute Gasteiger partial charge is 0.454 e. The van der Waals surface area contributed by atoms with Crippen LogP contribution in [0, 0.1) is 0 Å². The molecule has 6 nitrogen and oxygen atoms in total. The summed E-state index contributed by atoms with van der Waals surface area (Å²) in [7, 11) is 0. The highest BCUT2D eigenvalue weighted by atomic mass is 35.5. The molecule has 39 heavy (non-hydrogen) atoms. The van der Waals surface area contributed by atoms with E-state index in [0.717, 1.165) is 48.1 Å². The predicted molar refractivity (Wildman–Crippen MR) is 152 cm³/mol. The molecular formula is C32H35ClN2O4. The molecule has 3 aromatic carbocycles. The van der Waals surface area contributed by atoms with E-state index in [1.54, 1.807) is 4.90 Å². The monoisotopic (exact) mass is 546 g/mol. The van der Waals surface area contributed by atoms with Crippen molar-refractivity contribution in [2.24, 2.45) is 0 Å². The summed E-state index contributed by atoms with van der Waals surface area (Å²) >= 11 is 6.29. The maximum atomic E-state index is 13.9. The second kappa shape index (κ2) is 13.0. The van der Waals surface area contributed by atoms with Gasteiger partial charge in [0.2, 0.25) is 18.6 Å². The average molecular weight is 547 g/mol. The molecule has 3 aromatic rings. The van der Waals surface area contributed by atoms with Crippen LogP contribution in [0.4, 0.5) is 0 Å². The lowest BCUT2D eigenvalue weighted by atomic mass is 9.94. The first kappa shape index (κ1) is 27.1. The van der Waals surface area contributed by atoms with Gasteiger partial charge in [0.15, 0.2) is 11.5 Å². The summed E-state index contributed by atoms with van der Waals surface area (Å²) in [5.41, 5.74) is 2.89. The minimum Gasteiger partial charge on any atom is -0.454 e. The first-order valence-electron chi connectivity index (χ1n) is 13.8. The third kappa shape index (κ3) is 7.33. The Balaban J connectivity index is 1.40. The van der Waals surface area contributed by atoms with Gasteiger partial charge >= 0.3 is 0 Å². The Morgan fingerprint density at radius 1 is 0.872 bits per heavy atom. The minimum absolute atomic E-state index is 0.0765. The molecule has 1 fully saturated rings. The topological polar surface area (TPSA) is 67.9 Å². The van der Waals surface area contributed by atoms with Crippen LogP contribution in [0.15, 0.2) is 72.8 Å². The van der Waals surface area contributed by atoms with Crippen LogP contribution in [0.2, 0.25) is 5.02 Å². The molecule has 0 unspecified atom stereocenters. The van der Waals surface area contributed by atoms with Crippen molar-refractivity contribution in [3.8, 4) is 11.5 Å². The van der Waals surface area contributed by atoms with Crippen molar-refractivity contribution in [3.63, 3.8) is 0 Å². The Hall–Kier alpha value is -3.51. The van der Waals surface area contributed by atoms with Gasteiger partial charge in [0, 0.05) is 30.5 Å². The molecule has 1 atom stereocenters. The lowest BCUT2D eigenvalue weighted by molar-refractivity contribution is -0.141. The van der Waals surface area contributed by atoms with Crippen LogP contribution in [0.1, 0.15) is 55.2 Å². The van der Waals surface area contributed by atoms with Gasteiger partial charge in [0.25, 0.3) is 0 Å². The second-order valence-electron chi connectivity index (χ2n) is 10.4. The lowest BCUT2D eigenvalue weighted by Crippen LogP contribution is -2.52. The van der Waals surface area contributed by atoms with Crippen LogP contribution >= 0.6 is 11.6 Å². The first-order valence-corrected chi connectivity index (χ1v) is 14.2.